The van der Waals surface area contributed by atoms with E-state index in [9.17, 15) is 9.18 Å². The topological polar surface area (TPSA) is 49.7 Å². The number of aromatic nitrogens is 1. The molecule has 0 saturated carbocycles. The number of halogens is 2. The number of likely N-dealkylation sites (N-methyl/N-ethyl adjacent to an activating group) is 2. The number of carbonyl (C=O) groups is 1. The number of rotatable bonds is 7. The van der Waals surface area contributed by atoms with Crippen molar-refractivity contribution in [3.05, 3.63) is 72.2 Å². The highest BCUT2D eigenvalue weighted by atomic mass is 35.5. The Bertz CT molecular complexity index is 1070. The predicted octanol–water partition coefficient (Wildman–Crippen LogP) is 4.56. The highest BCUT2D eigenvalue weighted by molar-refractivity contribution is 6.23. The van der Waals surface area contributed by atoms with Crippen molar-refractivity contribution in [1.29, 1.82) is 0 Å². The fourth-order valence-corrected chi connectivity index (χ4v) is 4.88. The second-order valence-corrected chi connectivity index (χ2v) is 8.02. The Morgan fingerprint density at radius 1 is 1.16 bits per heavy atom. The van der Waals surface area contributed by atoms with Gasteiger partial charge in [0.25, 0.3) is 0 Å². The summed E-state index contributed by atoms with van der Waals surface area (Å²) in [4.78, 5) is 21.2. The van der Waals surface area contributed by atoms with E-state index < -0.39 is 11.2 Å². The third-order valence-corrected chi connectivity index (χ3v) is 6.52. The largest absolute Gasteiger partial charge is 0.358 e. The Hall–Kier alpha value is -2.77. The van der Waals surface area contributed by atoms with Crippen molar-refractivity contribution < 1.29 is 14.1 Å². The number of para-hydroxylation sites is 1. The smallest absolute Gasteiger partial charge is 0.302 e. The number of hydrogen-bond acceptors (Lipinski definition) is 3. The molecule has 3 atom stereocenters. The molecule has 164 valence electrons. The highest BCUT2D eigenvalue weighted by Gasteiger charge is 2.61. The number of carbonyl (C=O) groups excluding carboxylic acids is 1. The number of benzene rings is 2. The number of hydroxylamine groups is 2. The molecule has 3 unspecified atom stereocenters. The third kappa shape index (κ3) is 3.42. The second kappa shape index (κ2) is 8.40. The Kier molecular flexibility index (Phi) is 5.81. The molecule has 0 spiro atoms. The maximum absolute atomic E-state index is 13.6. The summed E-state index contributed by atoms with van der Waals surface area (Å²) in [6.45, 7) is 6.75. The van der Waals surface area contributed by atoms with Crippen molar-refractivity contribution in [3.63, 3.8) is 0 Å². The molecule has 1 fully saturated rings. The zero-order valence-corrected chi connectivity index (χ0v) is 18.5. The summed E-state index contributed by atoms with van der Waals surface area (Å²) >= 11 is 6.94. The molecule has 0 bridgehead atoms. The van der Waals surface area contributed by atoms with Gasteiger partial charge in [0, 0.05) is 24.0 Å². The van der Waals surface area contributed by atoms with Gasteiger partial charge in [-0.1, -0.05) is 55.8 Å². The number of nitrogens with one attached hydrogen (secondary N) is 1. The lowest BCUT2D eigenvalue weighted by atomic mass is 9.87. The summed E-state index contributed by atoms with van der Waals surface area (Å²) in [6.07, 6.45) is 1.77. The number of nitrogens with zero attached hydrogens (tertiary/aromatic N) is 3. The maximum atomic E-state index is 13.6. The molecule has 1 saturated heterocycles. The van der Waals surface area contributed by atoms with Gasteiger partial charge in [0.15, 0.2) is 5.66 Å². The van der Waals surface area contributed by atoms with E-state index in [1.54, 1.807) is 28.0 Å². The summed E-state index contributed by atoms with van der Waals surface area (Å²) in [6, 6.07) is 15.6. The lowest BCUT2D eigenvalue weighted by Crippen LogP contribution is -2.65. The lowest BCUT2D eigenvalue weighted by molar-refractivity contribution is -0.181. The molecule has 2 aromatic carbocycles. The first-order valence-electron chi connectivity index (χ1n) is 10.4. The van der Waals surface area contributed by atoms with Crippen molar-refractivity contribution in [2.75, 3.05) is 13.1 Å². The number of alkyl halides is 1. The summed E-state index contributed by atoms with van der Waals surface area (Å²) < 4.78 is 15.1. The fourth-order valence-electron chi connectivity index (χ4n) is 4.30. The Balaban J connectivity index is 1.82. The molecular weight excluding hydrogens is 419 g/mol. The van der Waals surface area contributed by atoms with Crippen LogP contribution in [0.5, 0.6) is 0 Å². The molecule has 3 aromatic rings. The zero-order valence-electron chi connectivity index (χ0n) is 17.8. The Labute approximate surface area is 186 Å². The Morgan fingerprint density at radius 2 is 1.87 bits per heavy atom. The lowest BCUT2D eigenvalue weighted by Gasteiger charge is -2.42. The van der Waals surface area contributed by atoms with Crippen molar-refractivity contribution in [2.24, 2.45) is 0 Å². The molecule has 1 aliphatic heterocycles. The molecule has 0 radical (unpaired) electrons. The standard InChI is InChI=1S/C23H26ClFN4O2/c1-4-26-23(16(3)17-10-12-19(25)13-11-17)21(24)27(5-2)22(30)29(23)31-28-15-14-18-8-6-7-9-20(18)28/h6-16,21,26H,4-5H2,1-3H3. The average Bonchev–Trinajstić information content (AvgIpc) is 3.27. The third-order valence-electron chi connectivity index (χ3n) is 5.96. The number of hydrogen-bond donors (Lipinski definition) is 1. The molecule has 2 amide bonds. The molecule has 6 nitrogen and oxygen atoms in total. The van der Waals surface area contributed by atoms with Gasteiger partial charge < -0.3 is 4.90 Å². The van der Waals surface area contributed by atoms with Gasteiger partial charge in [0.1, 0.15) is 11.3 Å². The van der Waals surface area contributed by atoms with Crippen molar-refractivity contribution in [1.82, 2.24) is 20.0 Å². The van der Waals surface area contributed by atoms with Gasteiger partial charge in [-0.3, -0.25) is 10.3 Å². The van der Waals surface area contributed by atoms with Crippen LogP contribution in [0.3, 0.4) is 0 Å². The number of amides is 2. The molecule has 0 aliphatic carbocycles. The van der Waals surface area contributed by atoms with Crippen LogP contribution >= 0.6 is 11.6 Å². The van der Waals surface area contributed by atoms with E-state index in [0.29, 0.717) is 13.1 Å². The first-order valence-corrected chi connectivity index (χ1v) is 10.9. The van der Waals surface area contributed by atoms with Crippen LogP contribution < -0.4 is 10.3 Å². The predicted molar refractivity (Wildman–Crippen MR) is 119 cm³/mol. The first-order chi connectivity index (χ1) is 14.9. The normalized spacial score (nSPS) is 22.4. The molecule has 1 aromatic heterocycles. The summed E-state index contributed by atoms with van der Waals surface area (Å²) in [5, 5.41) is 5.75. The van der Waals surface area contributed by atoms with Crippen LogP contribution in [-0.2, 0) is 0 Å². The van der Waals surface area contributed by atoms with Gasteiger partial charge in [-0.05, 0) is 43.3 Å². The van der Waals surface area contributed by atoms with Crippen LogP contribution in [-0.4, -0.2) is 45.0 Å². The van der Waals surface area contributed by atoms with E-state index in [0.717, 1.165) is 16.5 Å². The molecular formula is C23H26ClFN4O2. The monoisotopic (exact) mass is 444 g/mol. The zero-order chi connectivity index (χ0) is 22.2. The average molecular weight is 445 g/mol. The van der Waals surface area contributed by atoms with Gasteiger partial charge in [-0.25, -0.2) is 9.18 Å². The highest BCUT2D eigenvalue weighted by Crippen LogP contribution is 2.43. The second-order valence-electron chi connectivity index (χ2n) is 7.61. The molecule has 31 heavy (non-hydrogen) atoms. The minimum atomic E-state index is -1.09. The first kappa shape index (κ1) is 21.5. The fraction of sp³-hybridized carbons (Fsp3) is 0.348. The van der Waals surface area contributed by atoms with Gasteiger partial charge in [-0.2, -0.15) is 4.73 Å². The van der Waals surface area contributed by atoms with Crippen LogP contribution in [0, 0.1) is 5.82 Å². The van der Waals surface area contributed by atoms with Crippen molar-refractivity contribution >= 4 is 28.5 Å². The Morgan fingerprint density at radius 3 is 2.55 bits per heavy atom. The molecule has 2 heterocycles. The summed E-state index contributed by atoms with van der Waals surface area (Å²) in [5.74, 6) is -0.627. The SMILES string of the molecule is CCNC1(C(C)c2ccc(F)cc2)C(Cl)N(CC)C(=O)N1On1ccc2ccccc21. The molecule has 8 heteroatoms. The summed E-state index contributed by atoms with van der Waals surface area (Å²) in [7, 11) is 0. The van der Waals surface area contributed by atoms with Gasteiger partial charge >= 0.3 is 6.03 Å². The number of fused-ring (bicyclic) bond motifs is 1. The van der Waals surface area contributed by atoms with Crippen LogP contribution in [0.15, 0.2) is 60.8 Å². The van der Waals surface area contributed by atoms with Crippen LogP contribution in [0.2, 0.25) is 0 Å². The van der Waals surface area contributed by atoms with E-state index in [4.69, 9.17) is 16.5 Å². The summed E-state index contributed by atoms with van der Waals surface area (Å²) in [5.41, 5.74) is -0.139. The van der Waals surface area contributed by atoms with Crippen molar-refractivity contribution in [3.8, 4) is 0 Å². The maximum Gasteiger partial charge on any atom is 0.358 e. The van der Waals surface area contributed by atoms with Crippen molar-refractivity contribution in [2.45, 2.75) is 37.9 Å². The quantitative estimate of drug-likeness (QED) is 0.429. The van der Waals surface area contributed by atoms with E-state index >= 15 is 0 Å². The van der Waals surface area contributed by atoms with E-state index in [1.807, 2.05) is 51.1 Å². The van der Waals surface area contributed by atoms with E-state index in [2.05, 4.69) is 5.32 Å². The minimum absolute atomic E-state index is 0.308. The van der Waals surface area contributed by atoms with Crippen LogP contribution in [0.4, 0.5) is 9.18 Å². The van der Waals surface area contributed by atoms with E-state index in [-0.39, 0.29) is 17.8 Å². The molecule has 1 aliphatic rings. The van der Waals surface area contributed by atoms with Gasteiger partial charge in [0.05, 0.1) is 5.52 Å². The number of urea groups is 1. The van der Waals surface area contributed by atoms with Gasteiger partial charge in [-0.15, -0.1) is 5.06 Å². The molecule has 4 rings (SSSR count). The van der Waals surface area contributed by atoms with Crippen LogP contribution in [0.25, 0.3) is 10.9 Å². The van der Waals surface area contributed by atoms with E-state index in [1.165, 1.54) is 17.2 Å². The van der Waals surface area contributed by atoms with Gasteiger partial charge in [0.2, 0.25) is 0 Å². The van der Waals surface area contributed by atoms with Crippen LogP contribution in [0.1, 0.15) is 32.3 Å². The molecule has 1 N–H and O–H groups in total. The minimum Gasteiger partial charge on any atom is -0.302 e.